The van der Waals surface area contributed by atoms with Crippen LogP contribution in [0.25, 0.3) is 11.4 Å². The number of ether oxygens (including phenoxy) is 6. The van der Waals surface area contributed by atoms with Gasteiger partial charge < -0.3 is 28.4 Å². The molecular weight excluding hydrogens is 1020 g/mol. The molecule has 0 radical (unpaired) electrons. The van der Waals surface area contributed by atoms with Crippen molar-refractivity contribution in [3.63, 3.8) is 0 Å². The summed E-state index contributed by atoms with van der Waals surface area (Å²) in [5.41, 5.74) is 1.20. The maximum Gasteiger partial charge on any atom is 0.245 e. The van der Waals surface area contributed by atoms with Gasteiger partial charge in [-0.15, -0.1) is 20.4 Å². The highest BCUT2D eigenvalue weighted by Crippen LogP contribution is 2.75. The van der Waals surface area contributed by atoms with Gasteiger partial charge in [-0.25, -0.2) is 36.8 Å². The number of aromatic nitrogens is 14. The molecule has 0 aromatic carbocycles. The van der Waals surface area contributed by atoms with Crippen LogP contribution in [-0.2, 0) is 40.7 Å². The van der Waals surface area contributed by atoms with Gasteiger partial charge in [0, 0.05) is 50.8 Å². The predicted octanol–water partition coefficient (Wildman–Crippen LogP) is 4.95. The van der Waals surface area contributed by atoms with Crippen LogP contribution in [0.2, 0.25) is 10.0 Å². The third-order valence-corrected chi connectivity index (χ3v) is 18.4. The molecule has 4 aliphatic carbocycles. The summed E-state index contributed by atoms with van der Waals surface area (Å²) in [4.78, 5) is 33.4. The van der Waals surface area contributed by atoms with Gasteiger partial charge in [-0.2, -0.15) is 19.9 Å². The van der Waals surface area contributed by atoms with Crippen molar-refractivity contribution < 1.29 is 45.3 Å². The number of hydrogen-bond acceptors (Lipinski definition) is 22. The maximum absolute atomic E-state index is 13.6. The number of sulfone groups is 2. The van der Waals surface area contributed by atoms with E-state index >= 15 is 0 Å². The lowest BCUT2D eigenvalue weighted by molar-refractivity contribution is 0.0947. The normalized spacial score (nSPS) is 19.6. The van der Waals surface area contributed by atoms with Gasteiger partial charge in [-0.3, -0.25) is 9.13 Å². The number of rotatable bonds is 20. The van der Waals surface area contributed by atoms with Crippen molar-refractivity contribution in [1.29, 1.82) is 0 Å². The molecule has 6 aromatic heterocycles. The molecule has 0 unspecified atom stereocenters. The first-order valence-corrected chi connectivity index (χ1v) is 26.9. The van der Waals surface area contributed by atoms with E-state index in [1.165, 1.54) is 80.1 Å². The highest BCUT2D eigenvalue weighted by atomic mass is 35.5. The Balaban J connectivity index is 0.000000178. The van der Waals surface area contributed by atoms with Crippen LogP contribution in [0, 0.1) is 10.8 Å². The lowest BCUT2D eigenvalue weighted by Gasteiger charge is -2.22. The second-order valence-electron chi connectivity index (χ2n) is 18.2. The molecule has 0 saturated heterocycles. The molecular formula is C44H52Cl2N14O10S2. The summed E-state index contributed by atoms with van der Waals surface area (Å²) >= 11 is 11.8. The van der Waals surface area contributed by atoms with Gasteiger partial charge in [0.2, 0.25) is 23.5 Å². The molecule has 0 bridgehead atoms. The van der Waals surface area contributed by atoms with E-state index in [2.05, 4.69) is 60.3 Å². The van der Waals surface area contributed by atoms with Gasteiger partial charge in [-0.1, -0.05) is 23.2 Å². The highest BCUT2D eigenvalue weighted by Gasteiger charge is 2.66. The van der Waals surface area contributed by atoms with Crippen LogP contribution >= 0.6 is 23.2 Å². The van der Waals surface area contributed by atoms with Crippen molar-refractivity contribution in [3.8, 4) is 34.9 Å². The van der Waals surface area contributed by atoms with Crippen molar-refractivity contribution in [3.05, 3.63) is 82.4 Å². The van der Waals surface area contributed by atoms with Crippen LogP contribution in [-0.4, -0.2) is 139 Å². The third kappa shape index (κ3) is 9.75. The molecule has 4 saturated carbocycles. The molecule has 4 fully saturated rings. The van der Waals surface area contributed by atoms with Crippen LogP contribution in [0.3, 0.4) is 0 Å². The Bertz CT molecular complexity index is 2920. The smallest absolute Gasteiger partial charge is 0.245 e. The first kappa shape index (κ1) is 51.1. The summed E-state index contributed by atoms with van der Waals surface area (Å²) in [6.07, 6.45) is 12.8. The van der Waals surface area contributed by atoms with Crippen molar-refractivity contribution in [2.24, 2.45) is 10.8 Å². The summed E-state index contributed by atoms with van der Waals surface area (Å²) in [7, 11) is 1.04. The topological polar surface area (TPSA) is 288 Å². The summed E-state index contributed by atoms with van der Waals surface area (Å²) in [6, 6.07) is 0. The molecule has 28 heteroatoms. The SMILES string of the molecule is COc1ncnc(OC)c1-n1c(CS(=O)(=O)[C@@H](C)[C@H](OC)c2ncc(Cl)cn2)nnc1[C@@H]1CC12CC2.COc1ncnc(OC)c1-n1c(CS(=O)(=O)[C@@H](C)[C@H](OC)c2ncc(Cl)cn2)nnc1[C@H]1CC12CC2. The Morgan fingerprint density at radius 3 is 1.12 bits per heavy atom. The zero-order valence-electron chi connectivity index (χ0n) is 40.5. The second-order valence-corrected chi connectivity index (χ2v) is 23.8. The molecule has 4 aliphatic rings. The minimum absolute atomic E-state index is 0.169. The van der Waals surface area contributed by atoms with Gasteiger partial charge in [0.25, 0.3) is 0 Å². The molecule has 0 amide bonds. The standard InChI is InChI=1S/2C22H26ClN7O5S/c2*1-12(17(33-2)18-24-8-13(23)9-25-18)36(31,32)10-15-28-29-19(14-7-22(14)5-6-22)30(15)16-20(34-3)26-11-27-21(16)35-4/h2*8-9,11-12,14,17H,5-7,10H2,1-4H3/t12-,14+,17-;12-,14-,17-/m00/s1. The maximum atomic E-state index is 13.6. The highest BCUT2D eigenvalue weighted by molar-refractivity contribution is 7.91. The van der Waals surface area contributed by atoms with E-state index in [-0.39, 0.29) is 69.5 Å². The van der Waals surface area contributed by atoms with Gasteiger partial charge in [0.05, 0.1) is 49.0 Å². The van der Waals surface area contributed by atoms with E-state index in [1.807, 2.05) is 0 Å². The van der Waals surface area contributed by atoms with Gasteiger partial charge >= 0.3 is 0 Å². The molecule has 6 atom stereocenters. The van der Waals surface area contributed by atoms with E-state index < -0.39 is 53.9 Å². The third-order valence-electron chi connectivity index (χ3n) is 14.0. The Morgan fingerprint density at radius 1 is 0.542 bits per heavy atom. The lowest BCUT2D eigenvalue weighted by atomic mass is 10.2. The van der Waals surface area contributed by atoms with E-state index in [1.54, 1.807) is 23.0 Å². The quantitative estimate of drug-likeness (QED) is 0.0976. The molecule has 0 N–H and O–H groups in total. The molecule has 384 valence electrons. The average molecular weight is 1070 g/mol. The minimum Gasteiger partial charge on any atom is -0.479 e. The number of nitrogens with zero attached hydrogens (tertiary/aromatic N) is 14. The van der Waals surface area contributed by atoms with Crippen molar-refractivity contribution >= 4 is 42.9 Å². The average Bonchev–Trinajstić information content (AvgIpc) is 4.34. The van der Waals surface area contributed by atoms with E-state index in [9.17, 15) is 16.8 Å². The van der Waals surface area contributed by atoms with Crippen molar-refractivity contribution in [2.75, 3.05) is 42.7 Å². The molecule has 6 heterocycles. The number of methoxy groups -OCH3 is 6. The first-order valence-electron chi connectivity index (χ1n) is 22.7. The monoisotopic (exact) mass is 1070 g/mol. The van der Waals surface area contributed by atoms with Crippen LogP contribution in [0.15, 0.2) is 37.4 Å². The molecule has 10 rings (SSSR count). The summed E-state index contributed by atoms with van der Waals surface area (Å²) in [5, 5.41) is 16.2. The minimum atomic E-state index is -3.84. The number of hydrogen-bond donors (Lipinski definition) is 0. The fourth-order valence-corrected chi connectivity index (χ4v) is 12.3. The van der Waals surface area contributed by atoms with Gasteiger partial charge in [-0.05, 0) is 63.2 Å². The Labute approximate surface area is 424 Å². The Morgan fingerprint density at radius 2 is 0.861 bits per heavy atom. The zero-order chi connectivity index (χ0) is 51.3. The molecule has 24 nitrogen and oxygen atoms in total. The zero-order valence-corrected chi connectivity index (χ0v) is 43.6. The molecule has 6 aromatic rings. The van der Waals surface area contributed by atoms with Crippen molar-refractivity contribution in [2.45, 2.75) is 98.4 Å². The first-order chi connectivity index (χ1) is 34.5. The van der Waals surface area contributed by atoms with Gasteiger partial charge in [0.1, 0.15) is 48.0 Å². The van der Waals surface area contributed by atoms with E-state index in [0.29, 0.717) is 33.1 Å². The Hall–Kier alpha value is -5.80. The molecule has 0 aliphatic heterocycles. The lowest BCUT2D eigenvalue weighted by Crippen LogP contribution is -2.30. The fraction of sp³-hybridized carbons (Fsp3) is 0.545. The largest absolute Gasteiger partial charge is 0.479 e. The number of halogens is 2. The van der Waals surface area contributed by atoms with E-state index in [4.69, 9.17) is 51.6 Å². The van der Waals surface area contributed by atoms with Gasteiger partial charge in [0.15, 0.2) is 54.3 Å². The van der Waals surface area contributed by atoms with Crippen LogP contribution in [0.1, 0.15) is 111 Å². The summed E-state index contributed by atoms with van der Waals surface area (Å²) in [5.74, 6) is 2.55. The fourth-order valence-electron chi connectivity index (χ4n) is 9.26. The van der Waals surface area contributed by atoms with E-state index in [0.717, 1.165) is 38.5 Å². The van der Waals surface area contributed by atoms with Crippen LogP contribution in [0.5, 0.6) is 23.5 Å². The molecule has 72 heavy (non-hydrogen) atoms. The predicted molar refractivity (Wildman–Crippen MR) is 256 cm³/mol. The molecule has 2 spiro atoms. The summed E-state index contributed by atoms with van der Waals surface area (Å²) in [6.45, 7) is 3.10. The summed E-state index contributed by atoms with van der Waals surface area (Å²) < 4.78 is 90.8. The van der Waals surface area contributed by atoms with Crippen LogP contribution < -0.4 is 18.9 Å². The van der Waals surface area contributed by atoms with Crippen LogP contribution in [0.4, 0.5) is 0 Å². The Kier molecular flexibility index (Phi) is 14.1. The second kappa shape index (κ2) is 19.9. The van der Waals surface area contributed by atoms with Crippen molar-refractivity contribution in [1.82, 2.24) is 69.4 Å².